The van der Waals surface area contributed by atoms with Crippen molar-refractivity contribution < 1.29 is 0 Å². The average Bonchev–Trinajstić information content (AvgIpc) is 2.93. The molecule has 0 aliphatic rings. The molecule has 0 radical (unpaired) electrons. The summed E-state index contributed by atoms with van der Waals surface area (Å²) in [6, 6.07) is 14.2. The minimum absolute atomic E-state index is 0.0343. The van der Waals surface area contributed by atoms with Crippen molar-refractivity contribution in [3.05, 3.63) is 59.9 Å². The first kappa shape index (κ1) is 12.9. The molecule has 102 valence electrons. The molecule has 4 nitrogen and oxygen atoms in total. The van der Waals surface area contributed by atoms with Gasteiger partial charge >= 0.3 is 0 Å². The van der Waals surface area contributed by atoms with Crippen LogP contribution in [0.3, 0.4) is 0 Å². The lowest BCUT2D eigenvalue weighted by atomic mass is 10.1. The molecule has 1 unspecified atom stereocenters. The van der Waals surface area contributed by atoms with Gasteiger partial charge in [0.1, 0.15) is 12.1 Å². The maximum atomic E-state index is 6.11. The quantitative estimate of drug-likeness (QED) is 0.747. The van der Waals surface area contributed by atoms with Crippen molar-refractivity contribution >= 4 is 23.1 Å². The van der Waals surface area contributed by atoms with Crippen LogP contribution in [0.15, 0.2) is 48.8 Å². The fraction of sp³-hybridized carbons (Fsp3) is 0.200. The van der Waals surface area contributed by atoms with E-state index in [2.05, 4.69) is 27.5 Å². The summed E-state index contributed by atoms with van der Waals surface area (Å²) >= 11 is 6.11. The van der Waals surface area contributed by atoms with Crippen molar-refractivity contribution in [1.82, 2.24) is 14.6 Å². The van der Waals surface area contributed by atoms with Crippen LogP contribution < -0.4 is 5.32 Å². The number of pyridine rings is 1. The van der Waals surface area contributed by atoms with Gasteiger partial charge in [0.2, 0.25) is 0 Å². The van der Waals surface area contributed by atoms with Crippen molar-refractivity contribution in [2.75, 3.05) is 11.2 Å². The topological polar surface area (TPSA) is 42.2 Å². The van der Waals surface area contributed by atoms with E-state index in [4.69, 9.17) is 11.6 Å². The Morgan fingerprint density at radius 1 is 1.25 bits per heavy atom. The van der Waals surface area contributed by atoms with Crippen LogP contribution in [0, 0.1) is 6.92 Å². The van der Waals surface area contributed by atoms with Crippen LogP contribution >= 0.6 is 11.6 Å². The van der Waals surface area contributed by atoms with Gasteiger partial charge in [-0.25, -0.2) is 4.98 Å². The Morgan fingerprint density at radius 3 is 2.80 bits per heavy atom. The largest absolute Gasteiger partial charge is 0.362 e. The molecule has 20 heavy (non-hydrogen) atoms. The van der Waals surface area contributed by atoms with Crippen LogP contribution in [-0.4, -0.2) is 20.5 Å². The van der Waals surface area contributed by atoms with Gasteiger partial charge in [0, 0.05) is 5.88 Å². The molecule has 3 aromatic rings. The van der Waals surface area contributed by atoms with Crippen molar-refractivity contribution in [3.8, 4) is 0 Å². The molecule has 1 atom stereocenters. The lowest BCUT2D eigenvalue weighted by Gasteiger charge is -2.18. The van der Waals surface area contributed by atoms with Crippen molar-refractivity contribution in [2.45, 2.75) is 13.0 Å². The highest BCUT2D eigenvalue weighted by atomic mass is 35.5. The molecule has 0 bridgehead atoms. The number of rotatable bonds is 4. The molecule has 1 N–H and O–H groups in total. The van der Waals surface area contributed by atoms with E-state index < -0.39 is 0 Å². The number of anilines is 1. The maximum Gasteiger partial charge on any atom is 0.157 e. The second-order valence-corrected chi connectivity index (χ2v) is 5.02. The molecule has 0 aliphatic heterocycles. The second kappa shape index (κ2) is 5.51. The van der Waals surface area contributed by atoms with Gasteiger partial charge in [0.05, 0.1) is 6.04 Å². The zero-order chi connectivity index (χ0) is 13.9. The highest BCUT2D eigenvalue weighted by Gasteiger charge is 2.12. The third-order valence-electron chi connectivity index (χ3n) is 3.20. The van der Waals surface area contributed by atoms with E-state index in [9.17, 15) is 0 Å². The summed E-state index contributed by atoms with van der Waals surface area (Å²) in [5.74, 6) is 1.38. The summed E-state index contributed by atoms with van der Waals surface area (Å²) in [6.07, 6.45) is 1.55. The monoisotopic (exact) mass is 286 g/mol. The molecule has 5 heteroatoms. The highest BCUT2D eigenvalue weighted by molar-refractivity contribution is 6.18. The zero-order valence-electron chi connectivity index (χ0n) is 11.1. The lowest BCUT2D eigenvalue weighted by Crippen LogP contribution is -2.15. The molecule has 0 spiro atoms. The summed E-state index contributed by atoms with van der Waals surface area (Å²) in [7, 11) is 0. The number of aromatic nitrogens is 3. The Labute approximate surface area is 122 Å². The minimum atomic E-state index is 0.0343. The number of nitrogens with zero attached hydrogens (tertiary/aromatic N) is 3. The van der Waals surface area contributed by atoms with Crippen LogP contribution in [-0.2, 0) is 0 Å². The number of benzene rings is 1. The second-order valence-electron chi connectivity index (χ2n) is 4.71. The number of alkyl halides is 1. The molecule has 2 aromatic heterocycles. The third-order valence-corrected chi connectivity index (χ3v) is 3.51. The lowest BCUT2D eigenvalue weighted by molar-refractivity contribution is 0.851. The van der Waals surface area contributed by atoms with Gasteiger partial charge in [0.15, 0.2) is 5.65 Å². The molecule has 0 fully saturated rings. The standard InChI is InChI=1S/C15H15ClN4/c1-11-7-14-17-10-18-20(14)15(8-11)19-13(9-16)12-5-3-2-4-6-12/h2-8,10,13,19H,9H2,1H3. The fourth-order valence-corrected chi connectivity index (χ4v) is 2.49. The number of hydrogen-bond acceptors (Lipinski definition) is 3. The number of nitrogens with one attached hydrogen (secondary N) is 1. The molecular formula is C15H15ClN4. The van der Waals surface area contributed by atoms with Gasteiger partial charge in [-0.1, -0.05) is 30.3 Å². The normalized spacial score (nSPS) is 12.5. The number of halogens is 1. The summed E-state index contributed by atoms with van der Waals surface area (Å²) in [5, 5.41) is 7.68. The molecule has 0 saturated carbocycles. The molecule has 1 aromatic carbocycles. The Bertz CT molecular complexity index is 708. The molecule has 3 rings (SSSR count). The van der Waals surface area contributed by atoms with Crippen LogP contribution in [0.4, 0.5) is 5.82 Å². The summed E-state index contributed by atoms with van der Waals surface area (Å²) < 4.78 is 1.79. The van der Waals surface area contributed by atoms with Gasteiger partial charge in [-0.3, -0.25) is 0 Å². The third kappa shape index (κ3) is 2.47. The molecule has 0 saturated heterocycles. The van der Waals surface area contributed by atoms with Crippen LogP contribution in [0.25, 0.3) is 5.65 Å². The van der Waals surface area contributed by atoms with E-state index in [-0.39, 0.29) is 6.04 Å². The first-order valence-electron chi connectivity index (χ1n) is 6.46. The van der Waals surface area contributed by atoms with Gasteiger partial charge in [-0.05, 0) is 30.2 Å². The van der Waals surface area contributed by atoms with E-state index in [1.165, 1.54) is 0 Å². The van der Waals surface area contributed by atoms with E-state index in [1.807, 2.05) is 37.3 Å². The fourth-order valence-electron chi connectivity index (χ4n) is 2.23. The molecule has 0 aliphatic carbocycles. The predicted molar refractivity (Wildman–Crippen MR) is 81.2 cm³/mol. The first-order valence-corrected chi connectivity index (χ1v) is 6.99. The smallest absolute Gasteiger partial charge is 0.157 e. The summed E-state index contributed by atoms with van der Waals surface area (Å²) in [5.41, 5.74) is 3.11. The predicted octanol–water partition coefficient (Wildman–Crippen LogP) is 3.43. The van der Waals surface area contributed by atoms with Crippen LogP contribution in [0.1, 0.15) is 17.2 Å². The number of aryl methyl sites for hydroxylation is 1. The van der Waals surface area contributed by atoms with Crippen molar-refractivity contribution in [3.63, 3.8) is 0 Å². The van der Waals surface area contributed by atoms with Gasteiger partial charge in [0.25, 0.3) is 0 Å². The molecule has 2 heterocycles. The maximum absolute atomic E-state index is 6.11. The van der Waals surface area contributed by atoms with E-state index in [0.29, 0.717) is 5.88 Å². The Balaban J connectivity index is 1.97. The molecular weight excluding hydrogens is 272 g/mol. The Hall–Kier alpha value is -2.07. The van der Waals surface area contributed by atoms with E-state index in [0.717, 1.165) is 22.6 Å². The van der Waals surface area contributed by atoms with E-state index in [1.54, 1.807) is 10.8 Å². The summed E-state index contributed by atoms with van der Waals surface area (Å²) in [6.45, 7) is 2.04. The Morgan fingerprint density at radius 2 is 2.05 bits per heavy atom. The van der Waals surface area contributed by atoms with E-state index >= 15 is 0 Å². The number of fused-ring (bicyclic) bond motifs is 1. The SMILES string of the molecule is Cc1cc(NC(CCl)c2ccccc2)n2ncnc2c1. The average molecular weight is 287 g/mol. The summed E-state index contributed by atoms with van der Waals surface area (Å²) in [4.78, 5) is 4.22. The van der Waals surface area contributed by atoms with Gasteiger partial charge in [-0.2, -0.15) is 9.61 Å². The van der Waals surface area contributed by atoms with Gasteiger partial charge < -0.3 is 5.32 Å². The van der Waals surface area contributed by atoms with Crippen LogP contribution in [0.2, 0.25) is 0 Å². The highest BCUT2D eigenvalue weighted by Crippen LogP contribution is 2.22. The van der Waals surface area contributed by atoms with Gasteiger partial charge in [-0.15, -0.1) is 11.6 Å². The molecule has 0 amide bonds. The van der Waals surface area contributed by atoms with Crippen molar-refractivity contribution in [2.24, 2.45) is 0 Å². The number of hydrogen-bond donors (Lipinski definition) is 1. The first-order chi connectivity index (χ1) is 9.78. The minimum Gasteiger partial charge on any atom is -0.362 e. The van der Waals surface area contributed by atoms with Crippen LogP contribution in [0.5, 0.6) is 0 Å². The van der Waals surface area contributed by atoms with Crippen molar-refractivity contribution in [1.29, 1.82) is 0 Å². The Kier molecular flexibility index (Phi) is 3.56. The zero-order valence-corrected chi connectivity index (χ0v) is 11.9.